The predicted molar refractivity (Wildman–Crippen MR) is 154 cm³/mol. The average Bonchev–Trinajstić information content (AvgIpc) is 3.45. The molecular weight excluding hydrogens is 534 g/mol. The lowest BCUT2D eigenvalue weighted by molar-refractivity contribution is -0.139. The summed E-state index contributed by atoms with van der Waals surface area (Å²) in [6.45, 7) is 3.33. The first-order chi connectivity index (χ1) is 18.7. The number of aryl methyl sites for hydroxylation is 1. The zero-order valence-electron chi connectivity index (χ0n) is 22.2. The molecule has 39 heavy (non-hydrogen) atoms. The van der Waals surface area contributed by atoms with Crippen molar-refractivity contribution in [1.82, 2.24) is 10.2 Å². The van der Waals surface area contributed by atoms with Crippen LogP contribution in [-0.4, -0.2) is 43.8 Å². The average molecular weight is 568 g/mol. The van der Waals surface area contributed by atoms with E-state index in [2.05, 4.69) is 5.32 Å². The van der Waals surface area contributed by atoms with Crippen molar-refractivity contribution in [2.45, 2.75) is 63.1 Å². The van der Waals surface area contributed by atoms with E-state index in [0.29, 0.717) is 10.7 Å². The van der Waals surface area contributed by atoms with Gasteiger partial charge in [0.05, 0.1) is 10.6 Å². The Kier molecular flexibility index (Phi) is 9.30. The summed E-state index contributed by atoms with van der Waals surface area (Å²) in [6.07, 6.45) is 3.98. The monoisotopic (exact) mass is 567 g/mol. The Labute approximate surface area is 235 Å². The van der Waals surface area contributed by atoms with E-state index in [0.717, 1.165) is 41.1 Å². The summed E-state index contributed by atoms with van der Waals surface area (Å²) in [5.41, 5.74) is 2.16. The number of sulfonamides is 1. The van der Waals surface area contributed by atoms with Crippen LogP contribution in [0, 0.1) is 6.92 Å². The van der Waals surface area contributed by atoms with Gasteiger partial charge in [0.2, 0.25) is 11.8 Å². The maximum absolute atomic E-state index is 14.0. The number of benzene rings is 3. The molecule has 0 unspecified atom stereocenters. The van der Waals surface area contributed by atoms with E-state index in [9.17, 15) is 18.0 Å². The molecule has 0 radical (unpaired) electrons. The van der Waals surface area contributed by atoms with Crippen LogP contribution in [-0.2, 0) is 26.2 Å². The van der Waals surface area contributed by atoms with Crippen LogP contribution in [0.5, 0.6) is 0 Å². The number of halogens is 1. The van der Waals surface area contributed by atoms with E-state index < -0.39 is 28.5 Å². The Morgan fingerprint density at radius 1 is 0.949 bits per heavy atom. The second-order valence-corrected chi connectivity index (χ2v) is 12.2. The molecule has 0 spiro atoms. The number of rotatable bonds is 10. The number of nitrogens with one attached hydrogen (secondary N) is 1. The quantitative estimate of drug-likeness (QED) is 0.359. The highest BCUT2D eigenvalue weighted by Gasteiger charge is 2.33. The van der Waals surface area contributed by atoms with Crippen LogP contribution in [0.1, 0.15) is 43.7 Å². The maximum atomic E-state index is 14.0. The zero-order chi connectivity index (χ0) is 28.0. The molecule has 0 saturated heterocycles. The van der Waals surface area contributed by atoms with Crippen molar-refractivity contribution in [2.75, 3.05) is 10.8 Å². The van der Waals surface area contributed by atoms with E-state index in [1.165, 1.54) is 17.0 Å². The Balaban J connectivity index is 1.68. The van der Waals surface area contributed by atoms with E-state index in [1.54, 1.807) is 49.4 Å². The van der Waals surface area contributed by atoms with Crippen molar-refractivity contribution in [3.05, 3.63) is 95.0 Å². The van der Waals surface area contributed by atoms with Crippen molar-refractivity contribution in [3.63, 3.8) is 0 Å². The van der Waals surface area contributed by atoms with E-state index in [-0.39, 0.29) is 23.4 Å². The molecule has 4 rings (SSSR count). The summed E-state index contributed by atoms with van der Waals surface area (Å²) in [5, 5.41) is 3.53. The molecule has 0 aromatic heterocycles. The summed E-state index contributed by atoms with van der Waals surface area (Å²) in [6, 6.07) is 21.2. The first-order valence-corrected chi connectivity index (χ1v) is 15.0. The van der Waals surface area contributed by atoms with Crippen molar-refractivity contribution in [3.8, 4) is 0 Å². The summed E-state index contributed by atoms with van der Waals surface area (Å²) in [7, 11) is -4.10. The van der Waals surface area contributed by atoms with Gasteiger partial charge < -0.3 is 10.2 Å². The van der Waals surface area contributed by atoms with Crippen molar-refractivity contribution in [1.29, 1.82) is 0 Å². The smallest absolute Gasteiger partial charge is 0.264 e. The van der Waals surface area contributed by atoms with E-state index >= 15 is 0 Å². The number of hydrogen-bond acceptors (Lipinski definition) is 4. The lowest BCUT2D eigenvalue weighted by Gasteiger charge is -2.32. The SMILES string of the molecule is Cc1ccccc1CN(C(=O)CN(c1ccc(Cl)cc1)S(=O)(=O)c1ccccc1)[C@H](C)C(=O)NC1CCCC1. The van der Waals surface area contributed by atoms with Crippen molar-refractivity contribution in [2.24, 2.45) is 0 Å². The van der Waals surface area contributed by atoms with Gasteiger partial charge in [-0.25, -0.2) is 8.42 Å². The molecule has 9 heteroatoms. The highest BCUT2D eigenvalue weighted by Crippen LogP contribution is 2.26. The fraction of sp³-hybridized carbons (Fsp3) is 0.333. The minimum atomic E-state index is -4.10. The Hall–Kier alpha value is -3.36. The van der Waals surface area contributed by atoms with Crippen LogP contribution in [0.25, 0.3) is 0 Å². The van der Waals surface area contributed by atoms with Gasteiger partial charge in [0.1, 0.15) is 12.6 Å². The van der Waals surface area contributed by atoms with Crippen LogP contribution < -0.4 is 9.62 Å². The standard InChI is InChI=1S/C30H34ClN3O4S/c1-22-10-6-7-11-24(22)20-33(23(2)30(36)32-26-12-8-9-13-26)29(35)21-34(27-18-16-25(31)17-19-27)39(37,38)28-14-4-3-5-15-28/h3-7,10-11,14-19,23,26H,8-9,12-13,20-21H2,1-2H3,(H,32,36)/t23-/m1/s1. The molecule has 3 aromatic rings. The number of hydrogen-bond donors (Lipinski definition) is 1. The molecule has 2 amide bonds. The molecule has 1 aliphatic rings. The number of carbonyl (C=O) groups excluding carboxylic acids is 2. The molecule has 0 aliphatic heterocycles. The van der Waals surface area contributed by atoms with Gasteiger partial charge in [0.25, 0.3) is 10.0 Å². The Bertz CT molecular complexity index is 1390. The number of anilines is 1. The number of amides is 2. The van der Waals surface area contributed by atoms with E-state index in [1.807, 2.05) is 31.2 Å². The van der Waals surface area contributed by atoms with Crippen LogP contribution in [0.2, 0.25) is 5.02 Å². The normalized spacial score (nSPS) is 14.5. The first kappa shape index (κ1) is 28.6. The summed E-state index contributed by atoms with van der Waals surface area (Å²) >= 11 is 6.07. The van der Waals surface area contributed by atoms with E-state index in [4.69, 9.17) is 11.6 Å². The fourth-order valence-corrected chi connectivity index (χ4v) is 6.36. The van der Waals surface area contributed by atoms with Crippen molar-refractivity contribution >= 4 is 39.1 Å². The molecule has 206 valence electrons. The lowest BCUT2D eigenvalue weighted by Crippen LogP contribution is -2.52. The predicted octanol–water partition coefficient (Wildman–Crippen LogP) is 5.32. The van der Waals surface area contributed by atoms with Gasteiger partial charge in [-0.2, -0.15) is 0 Å². The molecule has 3 aromatic carbocycles. The van der Waals surface area contributed by atoms with Crippen LogP contribution >= 0.6 is 11.6 Å². The molecule has 1 aliphatic carbocycles. The van der Waals surface area contributed by atoms with Crippen LogP contribution in [0.3, 0.4) is 0 Å². The van der Waals surface area contributed by atoms with Crippen LogP contribution in [0.15, 0.2) is 83.8 Å². The Morgan fingerprint density at radius 2 is 1.56 bits per heavy atom. The lowest BCUT2D eigenvalue weighted by atomic mass is 10.1. The molecule has 1 N–H and O–H groups in total. The summed E-state index contributed by atoms with van der Waals surface area (Å²) < 4.78 is 28.6. The maximum Gasteiger partial charge on any atom is 0.264 e. The fourth-order valence-electron chi connectivity index (χ4n) is 4.80. The molecule has 1 fully saturated rings. The van der Waals surface area contributed by atoms with Gasteiger partial charge in [-0.15, -0.1) is 0 Å². The molecule has 1 atom stereocenters. The van der Waals surface area contributed by atoms with Gasteiger partial charge in [-0.1, -0.05) is 66.9 Å². The highest BCUT2D eigenvalue weighted by atomic mass is 35.5. The summed E-state index contributed by atoms with van der Waals surface area (Å²) in [4.78, 5) is 28.8. The summed E-state index contributed by atoms with van der Waals surface area (Å²) in [5.74, 6) is -0.727. The highest BCUT2D eigenvalue weighted by molar-refractivity contribution is 7.92. The molecule has 1 saturated carbocycles. The van der Waals surface area contributed by atoms with Gasteiger partial charge in [0, 0.05) is 17.6 Å². The Morgan fingerprint density at radius 3 is 2.21 bits per heavy atom. The third-order valence-electron chi connectivity index (χ3n) is 7.20. The van der Waals surface area contributed by atoms with Crippen molar-refractivity contribution < 1.29 is 18.0 Å². The minimum Gasteiger partial charge on any atom is -0.352 e. The van der Waals surface area contributed by atoms with Crippen LogP contribution in [0.4, 0.5) is 5.69 Å². The molecular formula is C30H34ClN3O4S. The molecule has 0 bridgehead atoms. The minimum absolute atomic E-state index is 0.0604. The second kappa shape index (κ2) is 12.7. The van der Waals surface area contributed by atoms with Gasteiger partial charge in [-0.3, -0.25) is 13.9 Å². The topological polar surface area (TPSA) is 86.8 Å². The third-order valence-corrected chi connectivity index (χ3v) is 9.24. The van der Waals surface area contributed by atoms with Gasteiger partial charge >= 0.3 is 0 Å². The number of nitrogens with zero attached hydrogens (tertiary/aromatic N) is 2. The van der Waals surface area contributed by atoms with Gasteiger partial charge in [-0.05, 0) is 74.2 Å². The number of carbonyl (C=O) groups is 2. The van der Waals surface area contributed by atoms with Gasteiger partial charge in [0.15, 0.2) is 0 Å². The third kappa shape index (κ3) is 6.99. The molecule has 7 nitrogen and oxygen atoms in total. The largest absolute Gasteiger partial charge is 0.352 e. The first-order valence-electron chi connectivity index (χ1n) is 13.1. The molecule has 0 heterocycles. The second-order valence-electron chi connectivity index (χ2n) is 9.92. The zero-order valence-corrected chi connectivity index (χ0v) is 23.8.